The van der Waals surface area contributed by atoms with Gasteiger partial charge < -0.3 is 10.6 Å². The van der Waals surface area contributed by atoms with Crippen LogP contribution >= 0.6 is 0 Å². The second-order valence-electron chi connectivity index (χ2n) is 4.68. The van der Waals surface area contributed by atoms with Crippen molar-refractivity contribution in [2.24, 2.45) is 16.8 Å². The number of piperazine rings is 1. The molecule has 1 amide bonds. The van der Waals surface area contributed by atoms with Crippen molar-refractivity contribution in [3.8, 4) is 0 Å². The smallest absolute Gasteiger partial charge is 0.277 e. The molecule has 1 aliphatic rings. The van der Waals surface area contributed by atoms with Crippen molar-refractivity contribution in [2.75, 3.05) is 26.2 Å². The van der Waals surface area contributed by atoms with E-state index in [1.54, 1.807) is 4.90 Å². The molecule has 0 aliphatic carbocycles. The van der Waals surface area contributed by atoms with E-state index in [2.05, 4.69) is 0 Å². The zero-order chi connectivity index (χ0) is 13.9. The monoisotopic (exact) mass is 278 g/mol. The van der Waals surface area contributed by atoms with Gasteiger partial charge in [0.1, 0.15) is 0 Å². The van der Waals surface area contributed by atoms with Crippen LogP contribution in [0.3, 0.4) is 0 Å². The second-order valence-corrected chi connectivity index (χ2v) is 6.23. The van der Waals surface area contributed by atoms with Gasteiger partial charge in [0.15, 0.2) is 0 Å². The Morgan fingerprint density at radius 1 is 1.28 bits per heavy atom. The van der Waals surface area contributed by atoms with Gasteiger partial charge in [-0.15, -0.1) is 0 Å². The Labute approximate surface area is 108 Å². The van der Waals surface area contributed by atoms with E-state index in [1.807, 2.05) is 13.8 Å². The fourth-order valence-corrected chi connectivity index (χ4v) is 2.54. The lowest BCUT2D eigenvalue weighted by molar-refractivity contribution is -0.134. The van der Waals surface area contributed by atoms with Crippen LogP contribution in [0, 0.1) is 5.92 Å². The van der Waals surface area contributed by atoms with E-state index in [0.717, 1.165) is 6.42 Å². The predicted octanol–water partition coefficient (Wildman–Crippen LogP) is -1.29. The molecule has 0 bridgehead atoms. The van der Waals surface area contributed by atoms with Crippen molar-refractivity contribution in [3.05, 3.63) is 0 Å². The molecule has 1 heterocycles. The quantitative estimate of drug-likeness (QED) is 0.666. The van der Waals surface area contributed by atoms with Crippen molar-refractivity contribution in [1.29, 1.82) is 0 Å². The summed E-state index contributed by atoms with van der Waals surface area (Å²) >= 11 is 0. The predicted molar refractivity (Wildman–Crippen MR) is 68.7 cm³/mol. The number of carbonyl (C=O) groups is 1. The molecule has 0 aromatic heterocycles. The minimum atomic E-state index is -3.65. The molecule has 0 saturated carbocycles. The van der Waals surface area contributed by atoms with Crippen molar-refractivity contribution in [2.45, 2.75) is 26.3 Å². The molecular formula is C10H22N4O3S. The Hall–Kier alpha value is -0.700. The van der Waals surface area contributed by atoms with Gasteiger partial charge in [0.2, 0.25) is 5.91 Å². The summed E-state index contributed by atoms with van der Waals surface area (Å²) in [5.74, 6) is 0.00666. The minimum Gasteiger partial charge on any atom is -0.339 e. The molecule has 0 spiro atoms. The molecule has 7 nitrogen and oxygen atoms in total. The first-order valence-electron chi connectivity index (χ1n) is 6.09. The fraction of sp³-hybridized carbons (Fsp3) is 0.900. The summed E-state index contributed by atoms with van der Waals surface area (Å²) in [7, 11) is -3.65. The molecule has 0 aromatic carbocycles. The van der Waals surface area contributed by atoms with Gasteiger partial charge in [-0.1, -0.05) is 20.3 Å². The van der Waals surface area contributed by atoms with E-state index in [9.17, 15) is 13.2 Å². The zero-order valence-electron chi connectivity index (χ0n) is 10.9. The average Bonchev–Trinajstić information content (AvgIpc) is 2.35. The normalized spacial score (nSPS) is 21.7. The Morgan fingerprint density at radius 2 is 1.78 bits per heavy atom. The Balaban J connectivity index is 2.55. The maximum absolute atomic E-state index is 12.1. The Morgan fingerprint density at radius 3 is 2.17 bits per heavy atom. The van der Waals surface area contributed by atoms with Crippen LogP contribution in [0.1, 0.15) is 20.3 Å². The second kappa shape index (κ2) is 5.96. The first-order chi connectivity index (χ1) is 8.27. The van der Waals surface area contributed by atoms with Gasteiger partial charge in [0.25, 0.3) is 10.2 Å². The van der Waals surface area contributed by atoms with Gasteiger partial charge in [-0.3, -0.25) is 4.79 Å². The largest absolute Gasteiger partial charge is 0.339 e. The van der Waals surface area contributed by atoms with Gasteiger partial charge in [0, 0.05) is 26.2 Å². The number of amides is 1. The molecule has 2 atom stereocenters. The Kier molecular flexibility index (Phi) is 5.09. The SMILES string of the molecule is CCC(C)[C@H](N)C(=O)N1CCN(S(N)(=O)=O)CC1. The first kappa shape index (κ1) is 15.4. The summed E-state index contributed by atoms with van der Waals surface area (Å²) in [6, 6.07) is -0.518. The average molecular weight is 278 g/mol. The van der Waals surface area contributed by atoms with Gasteiger partial charge >= 0.3 is 0 Å². The molecule has 1 rings (SSSR count). The number of hydrogen-bond donors (Lipinski definition) is 2. The van der Waals surface area contributed by atoms with Crippen molar-refractivity contribution >= 4 is 16.1 Å². The number of nitrogens with zero attached hydrogens (tertiary/aromatic N) is 2. The molecule has 1 fully saturated rings. The molecule has 1 aliphatic heterocycles. The summed E-state index contributed by atoms with van der Waals surface area (Å²) in [4.78, 5) is 13.7. The highest BCUT2D eigenvalue weighted by molar-refractivity contribution is 7.86. The third-order valence-electron chi connectivity index (χ3n) is 3.45. The summed E-state index contributed by atoms with van der Waals surface area (Å²) in [6.07, 6.45) is 0.837. The van der Waals surface area contributed by atoms with Crippen molar-refractivity contribution < 1.29 is 13.2 Å². The van der Waals surface area contributed by atoms with Crippen molar-refractivity contribution in [3.63, 3.8) is 0 Å². The van der Waals surface area contributed by atoms with Crippen LogP contribution in [-0.4, -0.2) is 55.8 Å². The molecule has 1 unspecified atom stereocenters. The van der Waals surface area contributed by atoms with E-state index in [4.69, 9.17) is 10.9 Å². The van der Waals surface area contributed by atoms with Gasteiger partial charge in [-0.05, 0) is 5.92 Å². The van der Waals surface area contributed by atoms with E-state index in [1.165, 1.54) is 4.31 Å². The highest BCUT2D eigenvalue weighted by Crippen LogP contribution is 2.11. The van der Waals surface area contributed by atoms with E-state index < -0.39 is 16.3 Å². The van der Waals surface area contributed by atoms with Crippen LogP contribution in [-0.2, 0) is 15.0 Å². The van der Waals surface area contributed by atoms with Gasteiger partial charge in [-0.2, -0.15) is 12.7 Å². The topological polar surface area (TPSA) is 110 Å². The molecule has 0 aromatic rings. The van der Waals surface area contributed by atoms with E-state index in [0.29, 0.717) is 13.1 Å². The highest BCUT2D eigenvalue weighted by atomic mass is 32.2. The lowest BCUT2D eigenvalue weighted by Gasteiger charge is -2.35. The van der Waals surface area contributed by atoms with Gasteiger partial charge in [-0.25, -0.2) is 5.14 Å². The van der Waals surface area contributed by atoms with Crippen LogP contribution in [0.2, 0.25) is 0 Å². The molecule has 18 heavy (non-hydrogen) atoms. The third-order valence-corrected chi connectivity index (χ3v) is 4.54. The first-order valence-corrected chi connectivity index (χ1v) is 7.60. The maximum Gasteiger partial charge on any atom is 0.277 e. The van der Waals surface area contributed by atoms with E-state index in [-0.39, 0.29) is 24.9 Å². The summed E-state index contributed by atoms with van der Waals surface area (Å²) in [5, 5.41) is 5.03. The molecule has 106 valence electrons. The van der Waals surface area contributed by atoms with Crippen LogP contribution in [0.4, 0.5) is 0 Å². The third kappa shape index (κ3) is 3.64. The number of hydrogen-bond acceptors (Lipinski definition) is 4. The van der Waals surface area contributed by atoms with Crippen LogP contribution in [0.15, 0.2) is 0 Å². The van der Waals surface area contributed by atoms with Crippen molar-refractivity contribution in [1.82, 2.24) is 9.21 Å². The molecule has 4 N–H and O–H groups in total. The zero-order valence-corrected chi connectivity index (χ0v) is 11.7. The molecule has 1 saturated heterocycles. The lowest BCUT2D eigenvalue weighted by atomic mass is 9.99. The number of nitrogens with two attached hydrogens (primary N) is 2. The van der Waals surface area contributed by atoms with Crippen LogP contribution in [0.25, 0.3) is 0 Å². The molecule has 8 heteroatoms. The number of rotatable bonds is 4. The fourth-order valence-electron chi connectivity index (χ4n) is 1.87. The maximum atomic E-state index is 12.1. The number of carbonyl (C=O) groups excluding carboxylic acids is 1. The van der Waals surface area contributed by atoms with Crippen LogP contribution < -0.4 is 10.9 Å². The Bertz CT molecular complexity index is 390. The standard InChI is InChI=1S/C10H22N4O3S/c1-3-8(2)9(11)10(15)13-4-6-14(7-5-13)18(12,16)17/h8-9H,3-7,11H2,1-2H3,(H2,12,16,17)/t8?,9-/m0/s1. The molecular weight excluding hydrogens is 256 g/mol. The summed E-state index contributed by atoms with van der Waals surface area (Å²) < 4.78 is 23.4. The minimum absolute atomic E-state index is 0.113. The molecule has 0 radical (unpaired) electrons. The van der Waals surface area contributed by atoms with Crippen LogP contribution in [0.5, 0.6) is 0 Å². The lowest BCUT2D eigenvalue weighted by Crippen LogP contribution is -2.56. The highest BCUT2D eigenvalue weighted by Gasteiger charge is 2.30. The van der Waals surface area contributed by atoms with E-state index >= 15 is 0 Å². The van der Waals surface area contributed by atoms with Gasteiger partial charge in [0.05, 0.1) is 6.04 Å². The summed E-state index contributed by atoms with van der Waals surface area (Å²) in [5.41, 5.74) is 5.87. The summed E-state index contributed by atoms with van der Waals surface area (Å²) in [6.45, 7) is 5.08.